The number of nitrogens with zero attached hydrogens (tertiary/aromatic N) is 1. The SMILES string of the molecule is CC(=O)N1CCc2cc(C(=O)C(C)OC(=O)/C=C/c3cccc(Br)c3)ccc21. The van der Waals surface area contributed by atoms with Gasteiger partial charge in [0.2, 0.25) is 11.7 Å². The van der Waals surface area contributed by atoms with E-state index in [1.807, 2.05) is 24.3 Å². The summed E-state index contributed by atoms with van der Waals surface area (Å²) in [6, 6.07) is 12.7. The zero-order valence-corrected chi connectivity index (χ0v) is 17.2. The van der Waals surface area contributed by atoms with E-state index < -0.39 is 12.1 Å². The van der Waals surface area contributed by atoms with Gasteiger partial charge in [-0.15, -0.1) is 0 Å². The topological polar surface area (TPSA) is 63.7 Å². The third-order valence-electron chi connectivity index (χ3n) is 4.56. The van der Waals surface area contributed by atoms with E-state index in [0.29, 0.717) is 18.5 Å². The van der Waals surface area contributed by atoms with Crippen LogP contribution in [0.2, 0.25) is 0 Å². The third kappa shape index (κ3) is 4.57. The lowest BCUT2D eigenvalue weighted by Crippen LogP contribution is -2.26. The Labute approximate surface area is 172 Å². The van der Waals surface area contributed by atoms with Crippen molar-refractivity contribution in [3.8, 4) is 0 Å². The second kappa shape index (κ2) is 8.52. The molecular formula is C22H20BrNO4. The Kier molecular flexibility index (Phi) is 6.09. The lowest BCUT2D eigenvalue weighted by Gasteiger charge is -2.15. The molecule has 0 radical (unpaired) electrons. The molecule has 0 spiro atoms. The van der Waals surface area contributed by atoms with E-state index in [-0.39, 0.29) is 11.7 Å². The molecule has 144 valence electrons. The molecule has 1 aliphatic heterocycles. The minimum Gasteiger partial charge on any atom is -0.451 e. The van der Waals surface area contributed by atoms with Gasteiger partial charge >= 0.3 is 5.97 Å². The summed E-state index contributed by atoms with van der Waals surface area (Å²) in [5.41, 5.74) is 3.11. The number of ketones is 1. The summed E-state index contributed by atoms with van der Waals surface area (Å²) < 4.78 is 6.15. The fourth-order valence-corrected chi connectivity index (χ4v) is 3.58. The summed E-state index contributed by atoms with van der Waals surface area (Å²) in [6.07, 6.45) is 2.75. The van der Waals surface area contributed by atoms with Crippen molar-refractivity contribution in [2.75, 3.05) is 11.4 Å². The van der Waals surface area contributed by atoms with E-state index in [1.54, 1.807) is 36.1 Å². The Morgan fingerprint density at radius 1 is 1.18 bits per heavy atom. The summed E-state index contributed by atoms with van der Waals surface area (Å²) >= 11 is 3.37. The van der Waals surface area contributed by atoms with Crippen LogP contribution in [-0.2, 0) is 20.7 Å². The first-order valence-electron chi connectivity index (χ1n) is 8.94. The average molecular weight is 442 g/mol. The molecule has 1 amide bonds. The minimum atomic E-state index is -0.900. The van der Waals surface area contributed by atoms with Gasteiger partial charge in [-0.2, -0.15) is 0 Å². The Morgan fingerprint density at radius 2 is 1.96 bits per heavy atom. The fraction of sp³-hybridized carbons (Fsp3) is 0.227. The van der Waals surface area contributed by atoms with Gasteiger partial charge in [0.15, 0.2) is 6.10 Å². The number of esters is 1. The molecule has 2 aromatic carbocycles. The number of carbonyl (C=O) groups excluding carboxylic acids is 3. The van der Waals surface area contributed by atoms with Crippen molar-refractivity contribution < 1.29 is 19.1 Å². The van der Waals surface area contributed by atoms with Crippen LogP contribution >= 0.6 is 15.9 Å². The molecule has 0 saturated heterocycles. The standard InChI is InChI=1S/C22H20BrNO4/c1-14(28-21(26)9-6-16-4-3-5-19(23)12-16)22(27)18-7-8-20-17(13-18)10-11-24(20)15(2)25/h3-9,12-14H,10-11H2,1-2H3/b9-6+. The van der Waals surface area contributed by atoms with Crippen LogP contribution in [0.1, 0.15) is 35.3 Å². The summed E-state index contributed by atoms with van der Waals surface area (Å²) in [7, 11) is 0. The predicted molar refractivity (Wildman–Crippen MR) is 111 cm³/mol. The van der Waals surface area contributed by atoms with Gasteiger partial charge < -0.3 is 9.64 Å². The molecule has 28 heavy (non-hydrogen) atoms. The highest BCUT2D eigenvalue weighted by Crippen LogP contribution is 2.29. The Hall–Kier alpha value is -2.73. The Bertz CT molecular complexity index is 967. The van der Waals surface area contributed by atoms with E-state index in [4.69, 9.17) is 4.74 Å². The van der Waals surface area contributed by atoms with Crippen molar-refractivity contribution in [1.29, 1.82) is 0 Å². The van der Waals surface area contributed by atoms with E-state index in [1.165, 1.54) is 13.0 Å². The van der Waals surface area contributed by atoms with Crippen LogP contribution in [0, 0.1) is 0 Å². The number of hydrogen-bond acceptors (Lipinski definition) is 4. The summed E-state index contributed by atoms with van der Waals surface area (Å²) in [4.78, 5) is 38.0. The van der Waals surface area contributed by atoms with Gasteiger partial charge in [0, 0.05) is 35.3 Å². The van der Waals surface area contributed by atoms with Gasteiger partial charge in [0.1, 0.15) is 0 Å². The largest absolute Gasteiger partial charge is 0.451 e. The lowest BCUT2D eigenvalue weighted by molar-refractivity contribution is -0.140. The molecule has 3 rings (SSSR count). The molecule has 0 saturated carbocycles. The van der Waals surface area contributed by atoms with Crippen LogP contribution < -0.4 is 4.90 Å². The molecule has 0 aliphatic carbocycles. The molecule has 0 N–H and O–H groups in total. The fourth-order valence-electron chi connectivity index (χ4n) is 3.16. The number of carbonyl (C=O) groups is 3. The third-order valence-corrected chi connectivity index (χ3v) is 5.06. The number of anilines is 1. The molecule has 1 unspecified atom stereocenters. The van der Waals surface area contributed by atoms with Crippen molar-refractivity contribution in [3.63, 3.8) is 0 Å². The van der Waals surface area contributed by atoms with Crippen molar-refractivity contribution in [2.45, 2.75) is 26.4 Å². The van der Waals surface area contributed by atoms with Crippen molar-refractivity contribution in [3.05, 3.63) is 69.7 Å². The molecule has 0 aromatic heterocycles. The van der Waals surface area contributed by atoms with Crippen molar-refractivity contribution >= 4 is 45.4 Å². The molecule has 5 nitrogen and oxygen atoms in total. The summed E-state index contributed by atoms with van der Waals surface area (Å²) in [5, 5.41) is 0. The molecule has 0 fully saturated rings. The quantitative estimate of drug-likeness (QED) is 0.396. The second-order valence-corrected chi connectivity index (χ2v) is 7.51. The Morgan fingerprint density at radius 3 is 2.68 bits per heavy atom. The van der Waals surface area contributed by atoms with Gasteiger partial charge in [-0.25, -0.2) is 4.79 Å². The highest BCUT2D eigenvalue weighted by Gasteiger charge is 2.25. The second-order valence-electron chi connectivity index (χ2n) is 6.60. The van der Waals surface area contributed by atoms with Crippen LogP contribution in [0.4, 0.5) is 5.69 Å². The first-order valence-corrected chi connectivity index (χ1v) is 9.74. The van der Waals surface area contributed by atoms with Crippen LogP contribution in [0.3, 0.4) is 0 Å². The molecule has 1 atom stereocenters. The number of hydrogen-bond donors (Lipinski definition) is 0. The van der Waals surface area contributed by atoms with Crippen molar-refractivity contribution in [1.82, 2.24) is 0 Å². The lowest BCUT2D eigenvalue weighted by atomic mass is 10.0. The number of rotatable bonds is 5. The minimum absolute atomic E-state index is 0.0163. The van der Waals surface area contributed by atoms with Crippen LogP contribution in [0.25, 0.3) is 6.08 Å². The van der Waals surface area contributed by atoms with E-state index in [9.17, 15) is 14.4 Å². The normalized spacial score (nSPS) is 14.0. The zero-order chi connectivity index (χ0) is 20.3. The molecule has 1 heterocycles. The van der Waals surface area contributed by atoms with Crippen LogP contribution in [0.15, 0.2) is 53.0 Å². The first-order chi connectivity index (χ1) is 13.3. The number of amides is 1. The van der Waals surface area contributed by atoms with E-state index in [2.05, 4.69) is 15.9 Å². The van der Waals surface area contributed by atoms with E-state index in [0.717, 1.165) is 21.3 Å². The average Bonchev–Trinajstić information content (AvgIpc) is 3.09. The van der Waals surface area contributed by atoms with Gasteiger partial charge in [0.05, 0.1) is 0 Å². The smallest absolute Gasteiger partial charge is 0.331 e. The van der Waals surface area contributed by atoms with Crippen molar-refractivity contribution in [2.24, 2.45) is 0 Å². The van der Waals surface area contributed by atoms with Crippen LogP contribution in [0.5, 0.6) is 0 Å². The van der Waals surface area contributed by atoms with E-state index >= 15 is 0 Å². The number of benzene rings is 2. The molecule has 6 heteroatoms. The first kappa shape index (κ1) is 20.0. The van der Waals surface area contributed by atoms with Gasteiger partial charge in [0.25, 0.3) is 0 Å². The summed E-state index contributed by atoms with van der Waals surface area (Å²) in [6.45, 7) is 3.70. The van der Waals surface area contributed by atoms with Gasteiger partial charge in [-0.1, -0.05) is 28.1 Å². The number of ether oxygens (including phenoxy) is 1. The van der Waals surface area contributed by atoms with Gasteiger partial charge in [-0.3, -0.25) is 9.59 Å². The Balaban J connectivity index is 1.64. The molecule has 2 aromatic rings. The van der Waals surface area contributed by atoms with Crippen LogP contribution in [-0.4, -0.2) is 30.3 Å². The number of Topliss-reactive ketones (excluding diaryl/α,β-unsaturated/α-hetero) is 1. The number of halogens is 1. The van der Waals surface area contributed by atoms with Gasteiger partial charge in [-0.05, 0) is 60.9 Å². The maximum absolute atomic E-state index is 12.6. The predicted octanol–water partition coefficient (Wildman–Crippen LogP) is 4.19. The molecule has 1 aliphatic rings. The molecule has 0 bridgehead atoms. The zero-order valence-electron chi connectivity index (χ0n) is 15.6. The maximum Gasteiger partial charge on any atom is 0.331 e. The molecular weight excluding hydrogens is 422 g/mol. The monoisotopic (exact) mass is 441 g/mol. The number of fused-ring (bicyclic) bond motifs is 1. The highest BCUT2D eigenvalue weighted by atomic mass is 79.9. The highest BCUT2D eigenvalue weighted by molar-refractivity contribution is 9.10. The maximum atomic E-state index is 12.6. The summed E-state index contributed by atoms with van der Waals surface area (Å²) in [5.74, 6) is -0.865.